The maximum atomic E-state index is 10.9. The van der Waals surface area contributed by atoms with Crippen molar-refractivity contribution in [3.05, 3.63) is 28.3 Å². The van der Waals surface area contributed by atoms with Crippen molar-refractivity contribution in [3.63, 3.8) is 0 Å². The van der Waals surface area contributed by atoms with E-state index >= 15 is 0 Å². The molecular weight excluding hydrogens is 270 g/mol. The van der Waals surface area contributed by atoms with E-state index in [1.807, 2.05) is 14.1 Å². The molecule has 0 spiro atoms. The van der Waals surface area contributed by atoms with E-state index in [4.69, 9.17) is 4.74 Å². The smallest absolute Gasteiger partial charge is 0.311 e. The predicted molar refractivity (Wildman–Crippen MR) is 83.2 cm³/mol. The number of nitro benzene ring substituents is 1. The first-order valence-electron chi connectivity index (χ1n) is 7.29. The van der Waals surface area contributed by atoms with Crippen molar-refractivity contribution in [2.45, 2.75) is 37.8 Å². The van der Waals surface area contributed by atoms with Gasteiger partial charge in [0.1, 0.15) is 0 Å². The van der Waals surface area contributed by atoms with E-state index in [0.717, 1.165) is 31.4 Å². The second-order valence-corrected chi connectivity index (χ2v) is 5.52. The largest absolute Gasteiger partial charge is 0.490 e. The average Bonchev–Trinajstić information content (AvgIpc) is 2.53. The van der Waals surface area contributed by atoms with Gasteiger partial charge in [0.25, 0.3) is 0 Å². The third kappa shape index (κ3) is 3.44. The summed E-state index contributed by atoms with van der Waals surface area (Å²) in [4.78, 5) is 12.7. The van der Waals surface area contributed by atoms with Crippen molar-refractivity contribution in [2.75, 3.05) is 26.1 Å². The fourth-order valence-corrected chi connectivity index (χ4v) is 3.00. The lowest BCUT2D eigenvalue weighted by Crippen LogP contribution is -2.39. The first kappa shape index (κ1) is 15.6. The van der Waals surface area contributed by atoms with E-state index in [9.17, 15) is 10.1 Å². The highest BCUT2D eigenvalue weighted by Crippen LogP contribution is 2.33. The fraction of sp³-hybridized carbons (Fsp3) is 0.600. The maximum Gasteiger partial charge on any atom is 0.311 e. The van der Waals surface area contributed by atoms with E-state index in [-0.39, 0.29) is 5.69 Å². The van der Waals surface area contributed by atoms with Crippen molar-refractivity contribution in [2.24, 2.45) is 0 Å². The Labute approximate surface area is 125 Å². The van der Waals surface area contributed by atoms with Gasteiger partial charge in [-0.3, -0.25) is 10.1 Å². The molecule has 1 aromatic rings. The Morgan fingerprint density at radius 3 is 2.52 bits per heavy atom. The Balaban J connectivity index is 2.12. The minimum atomic E-state index is -0.416. The van der Waals surface area contributed by atoms with Crippen LogP contribution in [-0.4, -0.2) is 38.2 Å². The molecule has 0 heterocycles. The summed E-state index contributed by atoms with van der Waals surface area (Å²) in [6.07, 6.45) is 4.58. The first-order chi connectivity index (χ1) is 10.1. The van der Waals surface area contributed by atoms with Crippen LogP contribution in [0.2, 0.25) is 0 Å². The number of anilines is 1. The molecule has 0 saturated heterocycles. The molecule has 0 bridgehead atoms. The Bertz CT molecular complexity index is 499. The number of nitro groups is 1. The van der Waals surface area contributed by atoms with Crippen LogP contribution in [0, 0.1) is 10.1 Å². The summed E-state index contributed by atoms with van der Waals surface area (Å²) in [7, 11) is 5.52. The number of rotatable bonds is 5. The molecule has 0 aliphatic heterocycles. The van der Waals surface area contributed by atoms with Crippen LogP contribution in [-0.2, 0) is 0 Å². The molecule has 0 radical (unpaired) electrons. The molecule has 1 N–H and O–H groups in total. The molecule has 2 rings (SSSR count). The van der Waals surface area contributed by atoms with Crippen LogP contribution in [0.5, 0.6) is 5.75 Å². The standard InChI is InChI=1S/C15H23N3O3/c1-16-11-4-6-12(7-5-11)17(2)13-8-9-14(18(19)20)15(10-13)21-3/h8-12,16H,4-7H2,1-3H3. The molecule has 1 aromatic carbocycles. The van der Waals surface area contributed by atoms with Gasteiger partial charge >= 0.3 is 5.69 Å². The molecule has 0 amide bonds. The van der Waals surface area contributed by atoms with Gasteiger partial charge in [-0.15, -0.1) is 0 Å². The fourth-order valence-electron chi connectivity index (χ4n) is 3.00. The van der Waals surface area contributed by atoms with Gasteiger partial charge in [-0.25, -0.2) is 0 Å². The summed E-state index contributed by atoms with van der Waals surface area (Å²) < 4.78 is 5.14. The van der Waals surface area contributed by atoms with Crippen LogP contribution in [0.15, 0.2) is 18.2 Å². The van der Waals surface area contributed by atoms with Crippen molar-refractivity contribution in [1.29, 1.82) is 0 Å². The molecule has 1 aliphatic carbocycles. The van der Waals surface area contributed by atoms with Crippen LogP contribution in [0.1, 0.15) is 25.7 Å². The molecule has 116 valence electrons. The Hall–Kier alpha value is -1.82. The SMILES string of the molecule is CNC1CCC(N(C)c2ccc([N+](=O)[O-])c(OC)c2)CC1. The van der Waals surface area contributed by atoms with Crippen LogP contribution in [0.3, 0.4) is 0 Å². The van der Waals surface area contributed by atoms with E-state index in [1.54, 1.807) is 12.1 Å². The quantitative estimate of drug-likeness (QED) is 0.667. The van der Waals surface area contributed by atoms with Crippen LogP contribution in [0.4, 0.5) is 11.4 Å². The van der Waals surface area contributed by atoms with Gasteiger partial charge in [0, 0.05) is 37.0 Å². The lowest BCUT2D eigenvalue weighted by Gasteiger charge is -2.36. The zero-order chi connectivity index (χ0) is 15.4. The van der Waals surface area contributed by atoms with Gasteiger partial charge in [-0.05, 0) is 38.8 Å². The lowest BCUT2D eigenvalue weighted by molar-refractivity contribution is -0.385. The number of hydrogen-bond donors (Lipinski definition) is 1. The van der Waals surface area contributed by atoms with Crippen LogP contribution >= 0.6 is 0 Å². The van der Waals surface area contributed by atoms with Crippen molar-refractivity contribution >= 4 is 11.4 Å². The van der Waals surface area contributed by atoms with Gasteiger partial charge in [-0.1, -0.05) is 0 Å². The van der Waals surface area contributed by atoms with Gasteiger partial charge in [0.15, 0.2) is 5.75 Å². The number of benzene rings is 1. The summed E-state index contributed by atoms with van der Waals surface area (Å²) in [5.41, 5.74) is 0.971. The Morgan fingerprint density at radius 1 is 1.33 bits per heavy atom. The van der Waals surface area contributed by atoms with E-state index < -0.39 is 4.92 Å². The average molecular weight is 293 g/mol. The van der Waals surface area contributed by atoms with Crippen molar-refractivity contribution in [3.8, 4) is 5.75 Å². The first-order valence-corrected chi connectivity index (χ1v) is 7.29. The van der Waals surface area contributed by atoms with E-state index in [0.29, 0.717) is 17.8 Å². The lowest BCUT2D eigenvalue weighted by atomic mass is 9.90. The molecule has 0 atom stereocenters. The van der Waals surface area contributed by atoms with Gasteiger partial charge in [0.2, 0.25) is 0 Å². The molecule has 6 nitrogen and oxygen atoms in total. The molecule has 21 heavy (non-hydrogen) atoms. The molecule has 1 fully saturated rings. The predicted octanol–water partition coefficient (Wildman–Crippen LogP) is 2.57. The molecule has 0 unspecified atom stereocenters. The maximum absolute atomic E-state index is 10.9. The summed E-state index contributed by atoms with van der Waals surface area (Å²) in [6, 6.07) is 6.15. The van der Waals surface area contributed by atoms with E-state index in [1.165, 1.54) is 13.2 Å². The Morgan fingerprint density at radius 2 is 2.00 bits per heavy atom. The number of nitrogens with zero attached hydrogens (tertiary/aromatic N) is 2. The number of methoxy groups -OCH3 is 1. The summed E-state index contributed by atoms with van der Waals surface area (Å²) in [5.74, 6) is 0.313. The summed E-state index contributed by atoms with van der Waals surface area (Å²) >= 11 is 0. The highest BCUT2D eigenvalue weighted by molar-refractivity contribution is 5.59. The number of hydrogen-bond acceptors (Lipinski definition) is 5. The number of nitrogens with one attached hydrogen (secondary N) is 1. The molecular formula is C15H23N3O3. The number of ether oxygens (including phenoxy) is 1. The van der Waals surface area contributed by atoms with E-state index in [2.05, 4.69) is 10.2 Å². The minimum absolute atomic E-state index is 0.00791. The normalized spacial score (nSPS) is 21.9. The molecule has 1 aliphatic rings. The summed E-state index contributed by atoms with van der Waals surface area (Å²) in [5, 5.41) is 14.3. The zero-order valence-corrected chi connectivity index (χ0v) is 12.8. The van der Waals surface area contributed by atoms with Gasteiger partial charge in [0.05, 0.1) is 12.0 Å². The second-order valence-electron chi connectivity index (χ2n) is 5.52. The van der Waals surface area contributed by atoms with Crippen molar-refractivity contribution in [1.82, 2.24) is 5.32 Å². The molecule has 1 saturated carbocycles. The van der Waals surface area contributed by atoms with Crippen LogP contribution < -0.4 is 15.0 Å². The molecule has 6 heteroatoms. The zero-order valence-electron chi connectivity index (χ0n) is 12.8. The van der Waals surface area contributed by atoms with Gasteiger partial charge in [-0.2, -0.15) is 0 Å². The second kappa shape index (κ2) is 6.76. The highest BCUT2D eigenvalue weighted by atomic mass is 16.6. The molecule has 0 aromatic heterocycles. The summed E-state index contributed by atoms with van der Waals surface area (Å²) in [6.45, 7) is 0. The van der Waals surface area contributed by atoms with Gasteiger partial charge < -0.3 is 15.0 Å². The topological polar surface area (TPSA) is 67.6 Å². The minimum Gasteiger partial charge on any atom is -0.490 e. The monoisotopic (exact) mass is 293 g/mol. The third-order valence-corrected chi connectivity index (χ3v) is 4.42. The van der Waals surface area contributed by atoms with Crippen LogP contribution in [0.25, 0.3) is 0 Å². The van der Waals surface area contributed by atoms with Crippen molar-refractivity contribution < 1.29 is 9.66 Å². The Kier molecular flexibility index (Phi) is 5.01. The highest BCUT2D eigenvalue weighted by Gasteiger charge is 2.24. The third-order valence-electron chi connectivity index (χ3n) is 4.42.